The van der Waals surface area contributed by atoms with Gasteiger partial charge in [-0.3, -0.25) is 4.79 Å². The van der Waals surface area contributed by atoms with Crippen LogP contribution in [0.25, 0.3) is 10.6 Å². The van der Waals surface area contributed by atoms with E-state index in [4.69, 9.17) is 9.72 Å². The minimum Gasteiger partial charge on any atom is -0.497 e. The first-order chi connectivity index (χ1) is 10.7. The third kappa shape index (κ3) is 2.50. The van der Waals surface area contributed by atoms with Gasteiger partial charge in [0.15, 0.2) is 0 Å². The average molecular weight is 314 g/mol. The summed E-state index contributed by atoms with van der Waals surface area (Å²) in [5.74, 6) is 1.49. The second-order valence-electron chi connectivity index (χ2n) is 5.90. The van der Waals surface area contributed by atoms with Gasteiger partial charge < -0.3 is 9.64 Å². The summed E-state index contributed by atoms with van der Waals surface area (Å²) in [6.07, 6.45) is 3.02. The molecule has 0 atom stereocenters. The number of nitrogens with zero attached hydrogens (tertiary/aromatic N) is 2. The fourth-order valence-corrected chi connectivity index (χ4v) is 3.96. The molecule has 1 fully saturated rings. The highest BCUT2D eigenvalue weighted by molar-refractivity contribution is 7.15. The molecule has 0 bridgehead atoms. The van der Waals surface area contributed by atoms with E-state index in [-0.39, 0.29) is 0 Å². The van der Waals surface area contributed by atoms with Crippen LogP contribution in [0.2, 0.25) is 0 Å². The van der Waals surface area contributed by atoms with Crippen molar-refractivity contribution in [1.82, 2.24) is 9.88 Å². The molecule has 0 saturated heterocycles. The van der Waals surface area contributed by atoms with Gasteiger partial charge in [0.25, 0.3) is 0 Å². The predicted octanol–water partition coefficient (Wildman–Crippen LogP) is 3.11. The van der Waals surface area contributed by atoms with Crippen molar-refractivity contribution in [2.45, 2.75) is 25.8 Å². The Balaban J connectivity index is 1.56. The van der Waals surface area contributed by atoms with E-state index < -0.39 is 0 Å². The molecular weight excluding hydrogens is 296 g/mol. The third-order valence-electron chi connectivity index (χ3n) is 4.31. The fraction of sp³-hybridized carbons (Fsp3) is 0.412. The Morgan fingerprint density at radius 3 is 2.77 bits per heavy atom. The van der Waals surface area contributed by atoms with Gasteiger partial charge in [-0.05, 0) is 37.1 Å². The van der Waals surface area contributed by atoms with Gasteiger partial charge in [0, 0.05) is 29.3 Å². The maximum absolute atomic E-state index is 12.2. The molecular formula is C17H18N2O2S. The number of aromatic nitrogens is 1. The molecule has 5 heteroatoms. The van der Waals surface area contributed by atoms with Crippen molar-refractivity contribution in [2.24, 2.45) is 5.92 Å². The van der Waals surface area contributed by atoms with E-state index in [1.807, 2.05) is 29.2 Å². The van der Waals surface area contributed by atoms with Gasteiger partial charge in [0.1, 0.15) is 10.8 Å². The Morgan fingerprint density at radius 1 is 1.32 bits per heavy atom. The molecule has 0 N–H and O–H groups in total. The molecule has 0 unspecified atom stereocenters. The highest BCUT2D eigenvalue weighted by Crippen LogP contribution is 2.36. The number of hydrogen-bond acceptors (Lipinski definition) is 4. The van der Waals surface area contributed by atoms with Gasteiger partial charge in [-0.15, -0.1) is 11.3 Å². The van der Waals surface area contributed by atoms with Crippen LogP contribution in [0.4, 0.5) is 0 Å². The second-order valence-corrected chi connectivity index (χ2v) is 6.99. The highest BCUT2D eigenvalue weighted by atomic mass is 32.1. The van der Waals surface area contributed by atoms with E-state index in [1.54, 1.807) is 18.4 Å². The van der Waals surface area contributed by atoms with E-state index in [9.17, 15) is 4.79 Å². The van der Waals surface area contributed by atoms with E-state index in [0.29, 0.717) is 11.8 Å². The van der Waals surface area contributed by atoms with E-state index in [0.717, 1.165) is 54.4 Å². The Morgan fingerprint density at radius 2 is 2.09 bits per heavy atom. The van der Waals surface area contributed by atoms with Crippen molar-refractivity contribution < 1.29 is 9.53 Å². The molecule has 114 valence electrons. The summed E-state index contributed by atoms with van der Waals surface area (Å²) in [6, 6.07) is 7.99. The summed E-state index contributed by atoms with van der Waals surface area (Å²) >= 11 is 1.71. The Bertz CT molecular complexity index is 704. The molecule has 1 amide bonds. The zero-order chi connectivity index (χ0) is 15.1. The van der Waals surface area contributed by atoms with Crippen molar-refractivity contribution in [2.75, 3.05) is 13.7 Å². The molecule has 1 aliphatic carbocycles. The summed E-state index contributed by atoms with van der Waals surface area (Å²) < 4.78 is 5.19. The lowest BCUT2D eigenvalue weighted by Gasteiger charge is -2.26. The maximum atomic E-state index is 12.2. The van der Waals surface area contributed by atoms with Crippen molar-refractivity contribution in [1.29, 1.82) is 0 Å². The molecule has 2 aromatic rings. The minimum atomic E-state index is 0.301. The second kappa shape index (κ2) is 5.39. The van der Waals surface area contributed by atoms with Crippen LogP contribution in [-0.4, -0.2) is 29.4 Å². The number of fused-ring (bicyclic) bond motifs is 1. The van der Waals surface area contributed by atoms with Gasteiger partial charge in [-0.25, -0.2) is 4.98 Å². The summed E-state index contributed by atoms with van der Waals surface area (Å²) in [7, 11) is 1.67. The van der Waals surface area contributed by atoms with Crippen LogP contribution < -0.4 is 4.74 Å². The Hall–Kier alpha value is -1.88. The standard InChI is InChI=1S/C17H18N2O2S/c1-21-13-6-4-11(5-7-13)16-18-14-8-9-19(10-15(14)22-16)17(20)12-2-3-12/h4-7,12H,2-3,8-10H2,1H3. The third-order valence-corrected chi connectivity index (χ3v) is 5.44. The van der Waals surface area contributed by atoms with Crippen LogP contribution in [0.15, 0.2) is 24.3 Å². The Labute approximate surface area is 133 Å². The van der Waals surface area contributed by atoms with Crippen molar-refractivity contribution in [3.63, 3.8) is 0 Å². The molecule has 0 spiro atoms. The number of benzene rings is 1. The molecule has 1 aromatic carbocycles. The topological polar surface area (TPSA) is 42.4 Å². The molecule has 4 nitrogen and oxygen atoms in total. The first kappa shape index (κ1) is 13.8. The number of carbonyl (C=O) groups excluding carboxylic acids is 1. The summed E-state index contributed by atoms with van der Waals surface area (Å²) in [4.78, 5) is 20.2. The van der Waals surface area contributed by atoms with E-state index >= 15 is 0 Å². The summed E-state index contributed by atoms with van der Waals surface area (Å²) in [5.41, 5.74) is 2.27. The molecule has 4 rings (SSSR count). The van der Waals surface area contributed by atoms with Gasteiger partial charge in [0.2, 0.25) is 5.91 Å². The predicted molar refractivity (Wildman–Crippen MR) is 85.9 cm³/mol. The first-order valence-electron chi connectivity index (χ1n) is 7.66. The number of ether oxygens (including phenoxy) is 1. The largest absolute Gasteiger partial charge is 0.497 e. The van der Waals surface area contributed by atoms with Crippen molar-refractivity contribution in [3.8, 4) is 16.3 Å². The molecule has 22 heavy (non-hydrogen) atoms. The van der Waals surface area contributed by atoms with Gasteiger partial charge in [-0.2, -0.15) is 0 Å². The quantitative estimate of drug-likeness (QED) is 0.874. The average Bonchev–Trinajstić information content (AvgIpc) is 3.32. The lowest BCUT2D eigenvalue weighted by molar-refractivity contribution is -0.133. The molecule has 1 aliphatic heterocycles. The smallest absolute Gasteiger partial charge is 0.226 e. The summed E-state index contributed by atoms with van der Waals surface area (Å²) in [6.45, 7) is 1.55. The number of thiazole rings is 1. The highest BCUT2D eigenvalue weighted by Gasteiger charge is 2.35. The minimum absolute atomic E-state index is 0.301. The molecule has 2 aliphatic rings. The van der Waals surface area contributed by atoms with Crippen LogP contribution in [0.5, 0.6) is 5.75 Å². The maximum Gasteiger partial charge on any atom is 0.226 e. The van der Waals surface area contributed by atoms with Crippen LogP contribution in [0.3, 0.4) is 0 Å². The normalized spacial score (nSPS) is 17.2. The molecule has 0 radical (unpaired) electrons. The van der Waals surface area contributed by atoms with Crippen molar-refractivity contribution in [3.05, 3.63) is 34.8 Å². The Kier molecular flexibility index (Phi) is 3.37. The number of hydrogen-bond donors (Lipinski definition) is 0. The lowest BCUT2D eigenvalue weighted by atomic mass is 10.1. The van der Waals surface area contributed by atoms with Crippen LogP contribution in [0.1, 0.15) is 23.4 Å². The molecule has 1 saturated carbocycles. The number of carbonyl (C=O) groups is 1. The van der Waals surface area contributed by atoms with Crippen LogP contribution in [-0.2, 0) is 17.8 Å². The van der Waals surface area contributed by atoms with Gasteiger partial charge >= 0.3 is 0 Å². The monoisotopic (exact) mass is 314 g/mol. The van der Waals surface area contributed by atoms with Crippen LogP contribution in [0, 0.1) is 5.92 Å². The van der Waals surface area contributed by atoms with E-state index in [1.165, 1.54) is 4.88 Å². The van der Waals surface area contributed by atoms with Gasteiger partial charge in [0.05, 0.1) is 19.3 Å². The fourth-order valence-electron chi connectivity index (χ4n) is 2.83. The van der Waals surface area contributed by atoms with Crippen LogP contribution >= 0.6 is 11.3 Å². The first-order valence-corrected chi connectivity index (χ1v) is 8.48. The number of methoxy groups -OCH3 is 1. The van der Waals surface area contributed by atoms with Crippen molar-refractivity contribution >= 4 is 17.2 Å². The zero-order valence-corrected chi connectivity index (χ0v) is 13.4. The number of amides is 1. The SMILES string of the molecule is COc1ccc(-c2nc3c(s2)CN(C(=O)C2CC2)CC3)cc1. The lowest BCUT2D eigenvalue weighted by Crippen LogP contribution is -2.36. The van der Waals surface area contributed by atoms with Gasteiger partial charge in [-0.1, -0.05) is 0 Å². The molecule has 2 heterocycles. The zero-order valence-electron chi connectivity index (χ0n) is 12.5. The molecule has 1 aromatic heterocycles. The summed E-state index contributed by atoms with van der Waals surface area (Å²) in [5, 5.41) is 1.04. The van der Waals surface area contributed by atoms with E-state index in [2.05, 4.69) is 0 Å². The number of rotatable bonds is 3.